The molecule has 7 nitrogen and oxygen atoms in total. The first-order valence-electron chi connectivity index (χ1n) is 12.4. The van der Waals surface area contributed by atoms with Crippen molar-refractivity contribution in [2.75, 3.05) is 11.9 Å². The Hall–Kier alpha value is -4.02. The average molecular weight is 540 g/mol. The number of para-hydroxylation sites is 1. The molecule has 0 saturated carbocycles. The number of alkyl halides is 3. The number of aliphatic hydroxyl groups is 1. The Morgan fingerprint density at radius 3 is 2.23 bits per heavy atom. The number of carbonyl (C=O) groups is 2. The number of hydrogen-bond donors (Lipinski definition) is 3. The summed E-state index contributed by atoms with van der Waals surface area (Å²) in [6.07, 6.45) is -6.95. The predicted octanol–water partition coefficient (Wildman–Crippen LogP) is 4.50. The molecule has 3 N–H and O–H groups in total. The van der Waals surface area contributed by atoms with Gasteiger partial charge < -0.3 is 15.5 Å². The first-order chi connectivity index (χ1) is 18.6. The fraction of sp³-hybridized carbons (Fsp3) is 0.276. The van der Waals surface area contributed by atoms with Crippen LogP contribution in [0.4, 0.5) is 18.9 Å². The van der Waals surface area contributed by atoms with Gasteiger partial charge in [-0.1, -0.05) is 78.9 Å². The third-order valence-corrected chi connectivity index (χ3v) is 6.54. The number of carboxylic acid groups (broad SMARTS) is 1. The van der Waals surface area contributed by atoms with Gasteiger partial charge in [0.15, 0.2) is 12.1 Å². The number of nitrogens with zero attached hydrogens (tertiary/aromatic N) is 2. The zero-order valence-electron chi connectivity index (χ0n) is 20.9. The normalized spacial score (nSPS) is 17.9. The maximum absolute atomic E-state index is 13.4. The first kappa shape index (κ1) is 28.0. The summed E-state index contributed by atoms with van der Waals surface area (Å²) < 4.78 is 39.9. The molecule has 1 fully saturated rings. The van der Waals surface area contributed by atoms with E-state index in [4.69, 9.17) is 0 Å². The molecule has 4 rings (SSSR count). The molecule has 39 heavy (non-hydrogen) atoms. The molecule has 204 valence electrons. The molecule has 0 radical (unpaired) electrons. The molecule has 0 bridgehead atoms. The monoisotopic (exact) mass is 539 g/mol. The number of likely N-dealkylation sites (tertiary alicyclic amines) is 1. The first-order valence-corrected chi connectivity index (χ1v) is 12.4. The highest BCUT2D eigenvalue weighted by Gasteiger charge is 2.47. The number of benzene rings is 3. The third-order valence-electron chi connectivity index (χ3n) is 6.54. The number of anilines is 1. The van der Waals surface area contributed by atoms with Crippen LogP contribution in [0.3, 0.4) is 0 Å². The van der Waals surface area contributed by atoms with Crippen molar-refractivity contribution in [1.82, 2.24) is 4.90 Å². The standard InChI is InChI=1S/C29H28F3N3O4/c30-29(31,32)26(36)25(28(38)39)34-24(20-12-5-2-6-13-20)21-14-7-8-15-22(21)33-27(37)23-16-9-17-35(23)18-19-10-3-1-4-11-19/h1-8,10-15,23,25-26,36H,9,16-18H2,(H,33,37)(H,38,39)/t23-,25+,26+/m0/s1. The van der Waals surface area contributed by atoms with Gasteiger partial charge in [0.25, 0.3) is 0 Å². The Labute approximate surface area is 223 Å². The van der Waals surface area contributed by atoms with Gasteiger partial charge in [-0.2, -0.15) is 13.2 Å². The van der Waals surface area contributed by atoms with E-state index in [1.165, 1.54) is 6.07 Å². The maximum atomic E-state index is 13.4. The molecule has 3 aromatic rings. The molecular formula is C29H28F3N3O4. The van der Waals surface area contributed by atoms with Crippen molar-refractivity contribution < 1.29 is 33.0 Å². The van der Waals surface area contributed by atoms with Gasteiger partial charge in [-0.25, -0.2) is 4.79 Å². The molecular weight excluding hydrogens is 511 g/mol. The van der Waals surface area contributed by atoms with Crippen LogP contribution in [0.2, 0.25) is 0 Å². The summed E-state index contributed by atoms with van der Waals surface area (Å²) in [5.74, 6) is -2.22. The number of halogens is 3. The van der Waals surface area contributed by atoms with Crippen LogP contribution in [-0.2, 0) is 16.1 Å². The Balaban J connectivity index is 1.68. The summed E-state index contributed by atoms with van der Waals surface area (Å²) in [6, 6.07) is 21.3. The van der Waals surface area contributed by atoms with Crippen LogP contribution in [0, 0.1) is 0 Å². The number of carbonyl (C=O) groups excluding carboxylic acids is 1. The lowest BCUT2D eigenvalue weighted by molar-refractivity contribution is -0.212. The van der Waals surface area contributed by atoms with Crippen LogP contribution in [0.1, 0.15) is 29.5 Å². The van der Waals surface area contributed by atoms with E-state index >= 15 is 0 Å². The fourth-order valence-electron chi connectivity index (χ4n) is 4.62. The van der Waals surface area contributed by atoms with Crippen LogP contribution in [0.25, 0.3) is 0 Å². The summed E-state index contributed by atoms with van der Waals surface area (Å²) in [5.41, 5.74) is 1.78. The number of carboxylic acids is 1. The Kier molecular flexibility index (Phi) is 8.78. The molecule has 1 aliphatic rings. The molecule has 0 aliphatic carbocycles. The van der Waals surface area contributed by atoms with Crippen LogP contribution in [-0.4, -0.2) is 63.6 Å². The number of hydrogen-bond acceptors (Lipinski definition) is 5. The zero-order valence-corrected chi connectivity index (χ0v) is 20.9. The van der Waals surface area contributed by atoms with Crippen molar-refractivity contribution in [1.29, 1.82) is 0 Å². The highest BCUT2D eigenvalue weighted by Crippen LogP contribution is 2.28. The topological polar surface area (TPSA) is 102 Å². The molecule has 3 atom stereocenters. The zero-order chi connectivity index (χ0) is 28.0. The Bertz CT molecular complexity index is 1320. The number of nitrogens with one attached hydrogen (secondary N) is 1. The summed E-state index contributed by atoms with van der Waals surface area (Å²) >= 11 is 0. The van der Waals surface area contributed by atoms with Crippen LogP contribution < -0.4 is 5.32 Å². The lowest BCUT2D eigenvalue weighted by atomic mass is 9.99. The molecule has 3 aromatic carbocycles. The second kappa shape index (κ2) is 12.2. The maximum Gasteiger partial charge on any atom is 0.417 e. The largest absolute Gasteiger partial charge is 0.480 e. The predicted molar refractivity (Wildman–Crippen MR) is 141 cm³/mol. The van der Waals surface area contributed by atoms with E-state index < -0.39 is 30.3 Å². The number of aliphatic hydroxyl groups excluding tert-OH is 1. The fourth-order valence-corrected chi connectivity index (χ4v) is 4.62. The Morgan fingerprint density at radius 2 is 1.59 bits per heavy atom. The number of aliphatic carboxylic acids is 1. The third kappa shape index (κ3) is 6.90. The second-order valence-electron chi connectivity index (χ2n) is 9.26. The van der Waals surface area contributed by atoms with E-state index in [9.17, 15) is 33.0 Å². The van der Waals surface area contributed by atoms with Crippen LogP contribution in [0.5, 0.6) is 0 Å². The van der Waals surface area contributed by atoms with E-state index in [1.54, 1.807) is 48.5 Å². The van der Waals surface area contributed by atoms with Gasteiger partial charge in [-0.15, -0.1) is 0 Å². The van der Waals surface area contributed by atoms with Crippen molar-refractivity contribution in [3.05, 3.63) is 102 Å². The second-order valence-corrected chi connectivity index (χ2v) is 9.26. The van der Waals surface area contributed by atoms with Gasteiger partial charge in [-0.05, 0) is 31.0 Å². The number of amides is 1. The van der Waals surface area contributed by atoms with Crippen molar-refractivity contribution in [2.45, 2.75) is 43.8 Å². The van der Waals surface area contributed by atoms with Crippen molar-refractivity contribution in [3.63, 3.8) is 0 Å². The van der Waals surface area contributed by atoms with Crippen LogP contribution >= 0.6 is 0 Å². The van der Waals surface area contributed by atoms with Gasteiger partial charge in [0.05, 0.1) is 17.4 Å². The number of rotatable bonds is 9. The van der Waals surface area contributed by atoms with Crippen molar-refractivity contribution in [2.24, 2.45) is 4.99 Å². The van der Waals surface area contributed by atoms with Crippen LogP contribution in [0.15, 0.2) is 89.9 Å². The number of aliphatic imine (C=N–C) groups is 1. The Morgan fingerprint density at radius 1 is 0.974 bits per heavy atom. The van der Waals surface area contributed by atoms with E-state index in [2.05, 4.69) is 15.2 Å². The minimum Gasteiger partial charge on any atom is -0.480 e. The van der Waals surface area contributed by atoms with E-state index in [0.717, 1.165) is 18.5 Å². The van der Waals surface area contributed by atoms with E-state index in [0.29, 0.717) is 18.5 Å². The summed E-state index contributed by atoms with van der Waals surface area (Å²) in [5, 5.41) is 22.2. The van der Waals surface area contributed by atoms with Gasteiger partial charge in [0, 0.05) is 17.7 Å². The molecule has 0 unspecified atom stereocenters. The molecule has 10 heteroatoms. The molecule has 0 spiro atoms. The van der Waals surface area contributed by atoms with E-state index in [-0.39, 0.29) is 22.9 Å². The molecule has 1 aliphatic heterocycles. The molecule has 1 amide bonds. The van der Waals surface area contributed by atoms with Gasteiger partial charge in [0.2, 0.25) is 5.91 Å². The van der Waals surface area contributed by atoms with E-state index in [1.807, 2.05) is 30.3 Å². The van der Waals surface area contributed by atoms with Crippen molar-refractivity contribution in [3.8, 4) is 0 Å². The molecule has 1 heterocycles. The SMILES string of the molecule is O=C(O)[C@H](N=C(c1ccccc1)c1ccccc1NC(=O)[C@@H]1CCCN1Cc1ccccc1)[C@@H](O)C(F)(F)F. The van der Waals surface area contributed by atoms with Crippen molar-refractivity contribution >= 4 is 23.3 Å². The summed E-state index contributed by atoms with van der Waals surface area (Å²) in [4.78, 5) is 31.2. The highest BCUT2D eigenvalue weighted by molar-refractivity contribution is 6.17. The van der Waals surface area contributed by atoms with Gasteiger partial charge in [0.1, 0.15) is 0 Å². The smallest absolute Gasteiger partial charge is 0.417 e. The minimum absolute atomic E-state index is 0.102. The quantitative estimate of drug-likeness (QED) is 0.348. The molecule has 1 saturated heterocycles. The van der Waals surface area contributed by atoms with Gasteiger partial charge >= 0.3 is 12.1 Å². The molecule has 0 aromatic heterocycles. The minimum atomic E-state index is -5.20. The highest BCUT2D eigenvalue weighted by atomic mass is 19.4. The lowest BCUT2D eigenvalue weighted by Gasteiger charge is -2.25. The van der Waals surface area contributed by atoms with Gasteiger partial charge in [-0.3, -0.25) is 14.7 Å². The summed E-state index contributed by atoms with van der Waals surface area (Å²) in [7, 11) is 0. The summed E-state index contributed by atoms with van der Waals surface area (Å²) in [6.45, 7) is 1.33. The average Bonchev–Trinajstić information content (AvgIpc) is 3.38. The lowest BCUT2D eigenvalue weighted by Crippen LogP contribution is -2.43.